The lowest BCUT2D eigenvalue weighted by Crippen LogP contribution is -1.91. The van der Waals surface area contributed by atoms with E-state index in [-0.39, 0.29) is 6.61 Å². The van der Waals surface area contributed by atoms with Crippen LogP contribution in [0.1, 0.15) is 0 Å². The predicted octanol–water partition coefficient (Wildman–Crippen LogP) is -0.288. The third kappa shape index (κ3) is 3.50. The summed E-state index contributed by atoms with van der Waals surface area (Å²) in [5.41, 5.74) is 0. The van der Waals surface area contributed by atoms with Crippen LogP contribution < -0.4 is 5.32 Å². The van der Waals surface area contributed by atoms with Gasteiger partial charge >= 0.3 is 0 Å². The average Bonchev–Trinajstić information content (AvgIpc) is 1.61. The molecule has 0 aliphatic rings. The molecule has 0 heterocycles. The molecule has 0 amide bonds. The van der Waals surface area contributed by atoms with E-state index in [0.717, 1.165) is 0 Å². The van der Waals surface area contributed by atoms with Gasteiger partial charge in [-0.1, -0.05) is 0 Å². The van der Waals surface area contributed by atoms with Gasteiger partial charge in [0.1, 0.15) is 0 Å². The predicted molar refractivity (Wildman–Crippen MR) is 25.3 cm³/mol. The molecule has 2 N–H and O–H groups in total. The number of hydrogen-bond acceptors (Lipinski definition) is 2. The summed E-state index contributed by atoms with van der Waals surface area (Å²) >= 11 is 0. The normalized spacial score (nSPS) is 9.67. The van der Waals surface area contributed by atoms with Crippen molar-refractivity contribution in [2.45, 2.75) is 0 Å². The van der Waals surface area contributed by atoms with Crippen LogP contribution in [0, 0.1) is 0 Å². The molecular weight excluding hydrogens is 78.0 g/mol. The molecule has 6 heavy (non-hydrogen) atoms. The Bertz CT molecular complexity index is 36.8. The van der Waals surface area contributed by atoms with E-state index in [0.29, 0.717) is 0 Å². The summed E-state index contributed by atoms with van der Waals surface area (Å²) in [6.07, 6.45) is 3.31. The van der Waals surface area contributed by atoms with Gasteiger partial charge in [-0.3, -0.25) is 0 Å². The maximum atomic E-state index is 8.07. The Hall–Kier alpha value is -0.500. The Balaban J connectivity index is 2.73. The number of hydrogen-bond donors (Lipinski definition) is 2. The Kier molecular flexibility index (Phi) is 4.12. The van der Waals surface area contributed by atoms with Crippen LogP contribution in [0.25, 0.3) is 0 Å². The molecule has 0 aromatic carbocycles. The number of aliphatic hydroxyl groups excluding tert-OH is 1. The second kappa shape index (κ2) is 4.50. The first-order valence-electron chi connectivity index (χ1n) is 1.85. The van der Waals surface area contributed by atoms with Crippen molar-refractivity contribution in [1.82, 2.24) is 5.32 Å². The van der Waals surface area contributed by atoms with Crippen molar-refractivity contribution < 1.29 is 5.11 Å². The van der Waals surface area contributed by atoms with Gasteiger partial charge in [0.2, 0.25) is 0 Å². The Morgan fingerprint density at radius 2 is 2.50 bits per heavy atom. The van der Waals surface area contributed by atoms with E-state index in [1.807, 2.05) is 0 Å². The van der Waals surface area contributed by atoms with Crippen LogP contribution >= 0.6 is 0 Å². The van der Waals surface area contributed by atoms with E-state index < -0.39 is 0 Å². The summed E-state index contributed by atoms with van der Waals surface area (Å²) in [6, 6.07) is 0. The molecule has 0 bridgehead atoms. The smallest absolute Gasteiger partial charge is 0.0629 e. The fraction of sp³-hybridized carbons (Fsp3) is 0.500. The standard InChI is InChI=1S/C4H9NO/c1-5-3-2-4-6/h2-3,5-6H,4H2,1H3/b3-2+. The maximum Gasteiger partial charge on any atom is 0.0629 e. The first kappa shape index (κ1) is 5.50. The zero-order valence-corrected chi connectivity index (χ0v) is 3.81. The molecule has 0 aromatic heterocycles. The second-order valence-electron chi connectivity index (χ2n) is 0.874. The van der Waals surface area contributed by atoms with E-state index in [9.17, 15) is 0 Å². The van der Waals surface area contributed by atoms with Crippen molar-refractivity contribution in [2.24, 2.45) is 0 Å². The molecule has 0 saturated heterocycles. The highest BCUT2D eigenvalue weighted by molar-refractivity contribution is 4.75. The molecule has 0 aromatic rings. The molecule has 0 radical (unpaired) electrons. The van der Waals surface area contributed by atoms with Crippen LogP contribution in [0.15, 0.2) is 12.3 Å². The van der Waals surface area contributed by atoms with Crippen molar-refractivity contribution in [1.29, 1.82) is 0 Å². The lowest BCUT2D eigenvalue weighted by atomic mass is 10.7. The van der Waals surface area contributed by atoms with Gasteiger partial charge in [-0.2, -0.15) is 0 Å². The van der Waals surface area contributed by atoms with Crippen molar-refractivity contribution in [3.63, 3.8) is 0 Å². The molecule has 0 aliphatic carbocycles. The van der Waals surface area contributed by atoms with Gasteiger partial charge in [0, 0.05) is 7.05 Å². The SMILES string of the molecule is CN/C=C/CO. The maximum absolute atomic E-state index is 8.07. The van der Waals surface area contributed by atoms with Gasteiger partial charge in [-0.25, -0.2) is 0 Å². The number of aliphatic hydroxyl groups is 1. The third-order valence-electron chi connectivity index (χ3n) is 0.390. The van der Waals surface area contributed by atoms with E-state index in [2.05, 4.69) is 5.32 Å². The minimum absolute atomic E-state index is 0.112. The van der Waals surface area contributed by atoms with E-state index in [1.165, 1.54) is 0 Å². The highest BCUT2D eigenvalue weighted by atomic mass is 16.2. The zero-order chi connectivity index (χ0) is 4.83. The van der Waals surface area contributed by atoms with Crippen LogP contribution in [0.4, 0.5) is 0 Å². The summed E-state index contributed by atoms with van der Waals surface area (Å²) in [5, 5.41) is 10.8. The molecule has 0 spiro atoms. The zero-order valence-electron chi connectivity index (χ0n) is 3.81. The third-order valence-corrected chi connectivity index (χ3v) is 0.390. The quantitative estimate of drug-likeness (QED) is 0.485. The van der Waals surface area contributed by atoms with Crippen molar-refractivity contribution in [3.05, 3.63) is 12.3 Å². The fourth-order valence-corrected chi connectivity index (χ4v) is 0.171. The van der Waals surface area contributed by atoms with Crippen LogP contribution in [-0.4, -0.2) is 18.8 Å². The molecule has 36 valence electrons. The molecule has 0 atom stereocenters. The van der Waals surface area contributed by atoms with Gasteiger partial charge in [0.05, 0.1) is 6.61 Å². The average molecular weight is 87.1 g/mol. The molecule has 0 aliphatic heterocycles. The number of rotatable bonds is 2. The highest BCUT2D eigenvalue weighted by Gasteiger charge is 1.57. The number of nitrogens with one attached hydrogen (secondary N) is 1. The second-order valence-corrected chi connectivity index (χ2v) is 0.874. The van der Waals surface area contributed by atoms with Gasteiger partial charge in [-0.05, 0) is 12.3 Å². The summed E-state index contributed by atoms with van der Waals surface area (Å²) in [6.45, 7) is 0.112. The Morgan fingerprint density at radius 3 is 2.67 bits per heavy atom. The van der Waals surface area contributed by atoms with Crippen LogP contribution in [0.5, 0.6) is 0 Å². The van der Waals surface area contributed by atoms with Crippen molar-refractivity contribution in [2.75, 3.05) is 13.7 Å². The van der Waals surface area contributed by atoms with Gasteiger partial charge in [-0.15, -0.1) is 0 Å². The molecule has 0 rings (SSSR count). The largest absolute Gasteiger partial charge is 0.394 e. The molecule has 0 saturated carbocycles. The van der Waals surface area contributed by atoms with Crippen molar-refractivity contribution in [3.8, 4) is 0 Å². The monoisotopic (exact) mass is 87.1 g/mol. The highest BCUT2D eigenvalue weighted by Crippen LogP contribution is 1.57. The van der Waals surface area contributed by atoms with Crippen molar-refractivity contribution >= 4 is 0 Å². The van der Waals surface area contributed by atoms with Gasteiger partial charge in [0.15, 0.2) is 0 Å². The summed E-state index contributed by atoms with van der Waals surface area (Å²) in [5.74, 6) is 0. The molecule has 0 unspecified atom stereocenters. The summed E-state index contributed by atoms with van der Waals surface area (Å²) in [7, 11) is 1.78. The minimum Gasteiger partial charge on any atom is -0.394 e. The molecule has 0 fully saturated rings. The lowest BCUT2D eigenvalue weighted by molar-refractivity contribution is 0.342. The Labute approximate surface area is 37.5 Å². The van der Waals surface area contributed by atoms with Gasteiger partial charge in [0.25, 0.3) is 0 Å². The first-order chi connectivity index (χ1) is 2.91. The summed E-state index contributed by atoms with van der Waals surface area (Å²) in [4.78, 5) is 0. The van der Waals surface area contributed by atoms with Gasteiger partial charge < -0.3 is 10.4 Å². The van der Waals surface area contributed by atoms with Crippen LogP contribution in [0.3, 0.4) is 0 Å². The molecule has 2 nitrogen and oxygen atoms in total. The van der Waals surface area contributed by atoms with E-state index in [1.54, 1.807) is 19.3 Å². The first-order valence-corrected chi connectivity index (χ1v) is 1.85. The summed E-state index contributed by atoms with van der Waals surface area (Å²) < 4.78 is 0. The van der Waals surface area contributed by atoms with E-state index >= 15 is 0 Å². The molecule has 2 heteroatoms. The topological polar surface area (TPSA) is 32.3 Å². The molecular formula is C4H9NO. The van der Waals surface area contributed by atoms with E-state index in [4.69, 9.17) is 5.11 Å². The Morgan fingerprint density at radius 1 is 1.83 bits per heavy atom. The van der Waals surface area contributed by atoms with Crippen LogP contribution in [0.2, 0.25) is 0 Å². The minimum atomic E-state index is 0.112. The van der Waals surface area contributed by atoms with Crippen LogP contribution in [-0.2, 0) is 0 Å². The lowest BCUT2D eigenvalue weighted by Gasteiger charge is -1.79. The fourth-order valence-electron chi connectivity index (χ4n) is 0.171.